The summed E-state index contributed by atoms with van der Waals surface area (Å²) in [5.41, 5.74) is 1.79. The van der Waals surface area contributed by atoms with E-state index in [1.165, 1.54) is 11.3 Å². The highest BCUT2D eigenvalue weighted by Gasteiger charge is 2.12. The predicted octanol–water partition coefficient (Wildman–Crippen LogP) is 4.73. The molecule has 0 aliphatic heterocycles. The standard InChI is InChI=1S/C16H9Cl2N5S/c17-12-3-1-10(13(18)9-12)2-4-14-22-23-15(20-21-16(23)24-14)11-5-7-19-8-6-11/h1-9H. The van der Waals surface area contributed by atoms with Gasteiger partial charge in [0.15, 0.2) is 5.82 Å². The molecule has 4 aromatic rings. The molecule has 0 unspecified atom stereocenters. The van der Waals surface area contributed by atoms with Gasteiger partial charge in [0.25, 0.3) is 0 Å². The molecule has 0 aliphatic carbocycles. The largest absolute Gasteiger partial charge is 0.265 e. The van der Waals surface area contributed by atoms with Crippen LogP contribution >= 0.6 is 34.5 Å². The summed E-state index contributed by atoms with van der Waals surface area (Å²) in [6.07, 6.45) is 7.22. The third-order valence-corrected chi connectivity index (χ3v) is 4.74. The SMILES string of the molecule is Clc1ccc(C=Cc2nn3c(-c4ccncc4)nnc3s2)c(Cl)c1. The van der Waals surface area contributed by atoms with Crippen molar-refractivity contribution in [3.8, 4) is 11.4 Å². The lowest BCUT2D eigenvalue weighted by molar-refractivity contribution is 0.959. The monoisotopic (exact) mass is 373 g/mol. The van der Waals surface area contributed by atoms with Gasteiger partial charge >= 0.3 is 0 Å². The summed E-state index contributed by atoms with van der Waals surface area (Å²) in [5, 5.41) is 14.9. The van der Waals surface area contributed by atoms with Gasteiger partial charge in [-0.15, -0.1) is 10.2 Å². The molecule has 0 aliphatic rings. The molecule has 118 valence electrons. The van der Waals surface area contributed by atoms with Crippen molar-refractivity contribution in [2.24, 2.45) is 0 Å². The van der Waals surface area contributed by atoms with Crippen molar-refractivity contribution in [3.05, 3.63) is 63.3 Å². The molecular weight excluding hydrogens is 365 g/mol. The minimum absolute atomic E-state index is 0.597. The molecule has 5 nitrogen and oxygen atoms in total. The van der Waals surface area contributed by atoms with Gasteiger partial charge in [0, 0.05) is 28.0 Å². The van der Waals surface area contributed by atoms with Gasteiger partial charge in [-0.2, -0.15) is 9.61 Å². The molecule has 0 saturated heterocycles. The first-order valence-electron chi connectivity index (χ1n) is 6.96. The molecule has 1 aromatic carbocycles. The topological polar surface area (TPSA) is 56.0 Å². The molecule has 3 heterocycles. The number of hydrogen-bond acceptors (Lipinski definition) is 5. The first-order chi connectivity index (χ1) is 11.7. The summed E-state index contributed by atoms with van der Waals surface area (Å²) in [5.74, 6) is 0.688. The number of benzene rings is 1. The van der Waals surface area contributed by atoms with Crippen molar-refractivity contribution in [2.75, 3.05) is 0 Å². The minimum Gasteiger partial charge on any atom is -0.265 e. The molecule has 0 atom stereocenters. The van der Waals surface area contributed by atoms with Crippen molar-refractivity contribution in [1.29, 1.82) is 0 Å². The van der Waals surface area contributed by atoms with Gasteiger partial charge in [-0.3, -0.25) is 4.98 Å². The Labute approximate surface area is 151 Å². The van der Waals surface area contributed by atoms with Crippen LogP contribution in [0.25, 0.3) is 28.5 Å². The Bertz CT molecular complexity index is 1040. The Morgan fingerprint density at radius 2 is 1.83 bits per heavy atom. The number of hydrogen-bond donors (Lipinski definition) is 0. The molecule has 0 radical (unpaired) electrons. The van der Waals surface area contributed by atoms with E-state index in [4.69, 9.17) is 23.2 Å². The first kappa shape index (κ1) is 15.3. The van der Waals surface area contributed by atoms with E-state index in [9.17, 15) is 0 Å². The van der Waals surface area contributed by atoms with Gasteiger partial charge in [-0.25, -0.2) is 0 Å². The maximum absolute atomic E-state index is 6.17. The van der Waals surface area contributed by atoms with Crippen LogP contribution in [-0.4, -0.2) is 24.8 Å². The number of aromatic nitrogens is 5. The van der Waals surface area contributed by atoms with E-state index in [2.05, 4.69) is 20.3 Å². The van der Waals surface area contributed by atoms with Gasteiger partial charge in [0.1, 0.15) is 5.01 Å². The lowest BCUT2D eigenvalue weighted by Gasteiger charge is -1.97. The van der Waals surface area contributed by atoms with Gasteiger partial charge < -0.3 is 0 Å². The summed E-state index contributed by atoms with van der Waals surface area (Å²) in [6.45, 7) is 0. The van der Waals surface area contributed by atoms with Gasteiger partial charge in [-0.1, -0.05) is 46.7 Å². The molecule has 0 bridgehead atoms. The third kappa shape index (κ3) is 2.91. The van der Waals surface area contributed by atoms with E-state index in [0.717, 1.165) is 21.1 Å². The van der Waals surface area contributed by atoms with E-state index in [-0.39, 0.29) is 0 Å². The Kier molecular flexibility index (Phi) is 4.02. The zero-order chi connectivity index (χ0) is 16.5. The Morgan fingerprint density at radius 1 is 1.00 bits per heavy atom. The van der Waals surface area contributed by atoms with Crippen molar-refractivity contribution < 1.29 is 0 Å². The summed E-state index contributed by atoms with van der Waals surface area (Å²) < 4.78 is 1.73. The fraction of sp³-hybridized carbons (Fsp3) is 0. The Hall–Kier alpha value is -2.28. The predicted molar refractivity (Wildman–Crippen MR) is 97.3 cm³/mol. The van der Waals surface area contributed by atoms with Gasteiger partial charge in [-0.05, 0) is 35.9 Å². The molecule has 0 amide bonds. The number of pyridine rings is 1. The number of nitrogens with zero attached hydrogens (tertiary/aromatic N) is 5. The molecule has 8 heteroatoms. The molecule has 0 saturated carbocycles. The first-order valence-corrected chi connectivity index (χ1v) is 8.54. The zero-order valence-corrected chi connectivity index (χ0v) is 14.4. The van der Waals surface area contributed by atoms with Crippen LogP contribution in [0.3, 0.4) is 0 Å². The second-order valence-electron chi connectivity index (χ2n) is 4.89. The summed E-state index contributed by atoms with van der Waals surface area (Å²) >= 11 is 13.5. The fourth-order valence-electron chi connectivity index (χ4n) is 2.18. The molecular formula is C16H9Cl2N5S. The number of fused-ring (bicyclic) bond motifs is 1. The Balaban J connectivity index is 1.69. The summed E-state index contributed by atoms with van der Waals surface area (Å²) in [7, 11) is 0. The fourth-order valence-corrected chi connectivity index (χ4v) is 3.39. The number of halogens is 2. The van der Waals surface area contributed by atoms with Crippen LogP contribution in [0.15, 0.2) is 42.7 Å². The van der Waals surface area contributed by atoms with E-state index in [0.29, 0.717) is 15.9 Å². The maximum Gasteiger partial charge on any atom is 0.235 e. The molecule has 0 fully saturated rings. The second-order valence-corrected chi connectivity index (χ2v) is 6.72. The quantitative estimate of drug-likeness (QED) is 0.521. The molecule has 3 aromatic heterocycles. The van der Waals surface area contributed by atoms with Crippen LogP contribution in [-0.2, 0) is 0 Å². The molecule has 0 spiro atoms. The molecule has 24 heavy (non-hydrogen) atoms. The van der Waals surface area contributed by atoms with Gasteiger partial charge in [0.05, 0.1) is 0 Å². The highest BCUT2D eigenvalue weighted by atomic mass is 35.5. The lowest BCUT2D eigenvalue weighted by Crippen LogP contribution is -1.90. The maximum atomic E-state index is 6.17. The van der Waals surface area contributed by atoms with Gasteiger partial charge in [0.2, 0.25) is 4.96 Å². The van der Waals surface area contributed by atoms with Crippen LogP contribution < -0.4 is 0 Å². The van der Waals surface area contributed by atoms with E-state index in [1.54, 1.807) is 29.0 Å². The van der Waals surface area contributed by atoms with E-state index in [1.807, 2.05) is 30.4 Å². The zero-order valence-electron chi connectivity index (χ0n) is 12.1. The normalized spacial score (nSPS) is 11.6. The minimum atomic E-state index is 0.597. The number of rotatable bonds is 3. The second kappa shape index (κ2) is 6.32. The highest BCUT2D eigenvalue weighted by molar-refractivity contribution is 7.17. The van der Waals surface area contributed by atoms with Crippen LogP contribution in [0.1, 0.15) is 10.6 Å². The average Bonchev–Trinajstić information content (AvgIpc) is 3.15. The lowest BCUT2D eigenvalue weighted by atomic mass is 10.2. The average molecular weight is 374 g/mol. The van der Waals surface area contributed by atoms with Crippen molar-refractivity contribution in [2.45, 2.75) is 0 Å². The smallest absolute Gasteiger partial charge is 0.235 e. The van der Waals surface area contributed by atoms with E-state index < -0.39 is 0 Å². The molecule has 4 rings (SSSR count). The van der Waals surface area contributed by atoms with Crippen molar-refractivity contribution in [3.63, 3.8) is 0 Å². The molecule has 0 N–H and O–H groups in total. The van der Waals surface area contributed by atoms with E-state index >= 15 is 0 Å². The van der Waals surface area contributed by atoms with Crippen LogP contribution in [0.2, 0.25) is 10.0 Å². The van der Waals surface area contributed by atoms with Crippen LogP contribution in [0.4, 0.5) is 0 Å². The van der Waals surface area contributed by atoms with Crippen LogP contribution in [0, 0.1) is 0 Å². The Morgan fingerprint density at radius 3 is 2.62 bits per heavy atom. The summed E-state index contributed by atoms with van der Waals surface area (Å²) in [6, 6.07) is 9.12. The van der Waals surface area contributed by atoms with Crippen LogP contribution in [0.5, 0.6) is 0 Å². The van der Waals surface area contributed by atoms with Crippen molar-refractivity contribution in [1.82, 2.24) is 24.8 Å². The van der Waals surface area contributed by atoms with Crippen molar-refractivity contribution >= 4 is 51.7 Å². The highest BCUT2D eigenvalue weighted by Crippen LogP contribution is 2.25. The summed E-state index contributed by atoms with van der Waals surface area (Å²) in [4.78, 5) is 4.74. The third-order valence-electron chi connectivity index (χ3n) is 3.31.